The highest BCUT2D eigenvalue weighted by molar-refractivity contribution is 8.32. The van der Waals surface area contributed by atoms with Crippen molar-refractivity contribution in [2.45, 2.75) is 18.2 Å². The molecule has 1 rings (SSSR count). The van der Waals surface area contributed by atoms with Gasteiger partial charge in [0.1, 0.15) is 0 Å². The van der Waals surface area contributed by atoms with Gasteiger partial charge in [0.15, 0.2) is 0 Å². The van der Waals surface area contributed by atoms with Gasteiger partial charge in [-0.15, -0.1) is 0 Å². The zero-order valence-electron chi connectivity index (χ0n) is 7.55. The van der Waals surface area contributed by atoms with E-state index in [4.69, 9.17) is 0 Å². The van der Waals surface area contributed by atoms with E-state index in [2.05, 4.69) is 30.7 Å². The first-order valence-electron chi connectivity index (χ1n) is 3.89. The fraction of sp³-hybridized carbons (Fsp3) is 1.00. The molecule has 1 unspecified atom stereocenters. The molecule has 0 aromatic heterocycles. The summed E-state index contributed by atoms with van der Waals surface area (Å²) in [5.74, 6) is 0. The first kappa shape index (κ1) is 8.41. The van der Waals surface area contributed by atoms with Gasteiger partial charge < -0.3 is 0 Å². The molecule has 0 spiro atoms. The van der Waals surface area contributed by atoms with Crippen LogP contribution in [-0.4, -0.2) is 42.6 Å². The van der Waals surface area contributed by atoms with Crippen molar-refractivity contribution < 1.29 is 0 Å². The molecule has 0 radical (unpaired) electrons. The molecule has 0 aromatic rings. The maximum atomic E-state index is 2.52. The van der Waals surface area contributed by atoms with Crippen molar-refractivity contribution in [1.29, 1.82) is 0 Å². The molecule has 0 aliphatic carbocycles. The van der Waals surface area contributed by atoms with Gasteiger partial charge in [-0.25, -0.2) is 10.0 Å². The van der Waals surface area contributed by atoms with Crippen molar-refractivity contribution in [2.24, 2.45) is 0 Å². The van der Waals surface area contributed by atoms with E-state index in [0.29, 0.717) is 0 Å². The standard InChI is InChI=1S/C8H19NS/c1-9-7-5-6-8(9)10(2,3)4/h8H,5-7H2,1-4H3. The van der Waals surface area contributed by atoms with Gasteiger partial charge in [-0.1, -0.05) is 0 Å². The molecular weight excluding hydrogens is 142 g/mol. The van der Waals surface area contributed by atoms with Crippen LogP contribution in [0.4, 0.5) is 0 Å². The van der Waals surface area contributed by atoms with Gasteiger partial charge in [0.25, 0.3) is 0 Å². The SMILES string of the molecule is CN1CCCC1S(C)(C)C. The van der Waals surface area contributed by atoms with E-state index < -0.39 is 0 Å². The molecule has 0 saturated carbocycles. The number of rotatable bonds is 1. The average molecular weight is 161 g/mol. The summed E-state index contributed by atoms with van der Waals surface area (Å²) in [4.78, 5) is 2.52. The van der Waals surface area contributed by atoms with Crippen LogP contribution in [0, 0.1) is 0 Å². The maximum absolute atomic E-state index is 2.52. The van der Waals surface area contributed by atoms with Gasteiger partial charge in [-0.05, 0) is 45.2 Å². The van der Waals surface area contributed by atoms with Crippen molar-refractivity contribution in [1.82, 2.24) is 4.90 Å². The minimum absolute atomic E-state index is 0.326. The van der Waals surface area contributed by atoms with Crippen LogP contribution in [0.15, 0.2) is 0 Å². The normalized spacial score (nSPS) is 31.0. The van der Waals surface area contributed by atoms with Crippen molar-refractivity contribution in [3.05, 3.63) is 0 Å². The zero-order valence-corrected chi connectivity index (χ0v) is 8.37. The number of hydrogen-bond acceptors (Lipinski definition) is 1. The average Bonchev–Trinajstić information content (AvgIpc) is 2.11. The van der Waals surface area contributed by atoms with Crippen LogP contribution in [-0.2, 0) is 0 Å². The second kappa shape index (κ2) is 2.74. The Bertz CT molecular complexity index is 117. The van der Waals surface area contributed by atoms with Gasteiger partial charge in [-0.2, -0.15) is 0 Å². The molecule has 1 aliphatic heterocycles. The predicted octanol–water partition coefficient (Wildman–Crippen LogP) is 1.73. The van der Waals surface area contributed by atoms with E-state index in [0.717, 1.165) is 5.37 Å². The fourth-order valence-electron chi connectivity index (χ4n) is 1.77. The molecule has 10 heavy (non-hydrogen) atoms. The van der Waals surface area contributed by atoms with E-state index in [1.165, 1.54) is 19.4 Å². The van der Waals surface area contributed by atoms with E-state index >= 15 is 0 Å². The Morgan fingerprint density at radius 2 is 1.90 bits per heavy atom. The van der Waals surface area contributed by atoms with E-state index in [1.54, 1.807) is 0 Å². The summed E-state index contributed by atoms with van der Waals surface area (Å²) >= 11 is 0. The first-order valence-corrected chi connectivity index (χ1v) is 6.81. The Kier molecular flexibility index (Phi) is 2.31. The molecular formula is C8H19NS. The smallest absolute Gasteiger partial charge is 0.0394 e. The van der Waals surface area contributed by atoms with E-state index in [-0.39, 0.29) is 10.0 Å². The quantitative estimate of drug-likeness (QED) is 0.566. The molecule has 0 N–H and O–H groups in total. The van der Waals surface area contributed by atoms with Gasteiger partial charge in [-0.3, -0.25) is 4.90 Å². The summed E-state index contributed by atoms with van der Waals surface area (Å²) in [6.45, 7) is 1.31. The molecule has 1 saturated heterocycles. The zero-order chi connectivity index (χ0) is 7.78. The molecule has 2 heteroatoms. The molecule has 1 heterocycles. The Hall–Kier alpha value is 0.310. The third-order valence-corrected chi connectivity index (χ3v) is 4.50. The highest BCUT2D eigenvalue weighted by Gasteiger charge is 2.27. The molecule has 1 aliphatic rings. The highest BCUT2D eigenvalue weighted by Crippen LogP contribution is 2.46. The molecule has 1 nitrogen and oxygen atoms in total. The molecule has 62 valence electrons. The molecule has 1 atom stereocenters. The second-order valence-electron chi connectivity index (χ2n) is 4.01. The Morgan fingerprint density at radius 1 is 1.30 bits per heavy atom. The Morgan fingerprint density at radius 3 is 2.10 bits per heavy atom. The summed E-state index contributed by atoms with van der Waals surface area (Å²) in [5, 5.41) is 0.896. The van der Waals surface area contributed by atoms with E-state index in [9.17, 15) is 0 Å². The van der Waals surface area contributed by atoms with E-state index in [1.807, 2.05) is 0 Å². The van der Waals surface area contributed by atoms with Gasteiger partial charge >= 0.3 is 0 Å². The van der Waals surface area contributed by atoms with Gasteiger partial charge in [0.2, 0.25) is 0 Å². The molecule has 1 fully saturated rings. The van der Waals surface area contributed by atoms with Crippen LogP contribution in [0.1, 0.15) is 12.8 Å². The largest absolute Gasteiger partial charge is 0.296 e. The summed E-state index contributed by atoms with van der Waals surface area (Å²) in [7, 11) is 1.93. The summed E-state index contributed by atoms with van der Waals surface area (Å²) in [6, 6.07) is 0. The lowest BCUT2D eigenvalue weighted by Crippen LogP contribution is -2.28. The predicted molar refractivity (Wildman–Crippen MR) is 51.0 cm³/mol. The number of likely N-dealkylation sites (tertiary alicyclic amines) is 1. The molecule has 0 aromatic carbocycles. The summed E-state index contributed by atoms with van der Waals surface area (Å²) in [6.07, 6.45) is 10.1. The lowest BCUT2D eigenvalue weighted by atomic mass is 10.4. The first-order chi connectivity index (χ1) is 4.52. The summed E-state index contributed by atoms with van der Waals surface area (Å²) < 4.78 is 0. The third kappa shape index (κ3) is 1.67. The van der Waals surface area contributed by atoms with Crippen molar-refractivity contribution >= 4 is 10.0 Å². The second-order valence-corrected chi connectivity index (χ2v) is 8.42. The van der Waals surface area contributed by atoms with Crippen molar-refractivity contribution in [2.75, 3.05) is 32.4 Å². The third-order valence-electron chi connectivity index (χ3n) is 2.27. The monoisotopic (exact) mass is 161 g/mol. The summed E-state index contributed by atoms with van der Waals surface area (Å²) in [5.41, 5.74) is 0. The van der Waals surface area contributed by atoms with Crippen LogP contribution >= 0.6 is 10.0 Å². The van der Waals surface area contributed by atoms with Crippen LogP contribution in [0.5, 0.6) is 0 Å². The minimum Gasteiger partial charge on any atom is -0.296 e. The van der Waals surface area contributed by atoms with Crippen molar-refractivity contribution in [3.63, 3.8) is 0 Å². The molecule has 0 amide bonds. The van der Waals surface area contributed by atoms with Crippen LogP contribution < -0.4 is 0 Å². The van der Waals surface area contributed by atoms with Crippen LogP contribution in [0.25, 0.3) is 0 Å². The number of nitrogens with zero attached hydrogens (tertiary/aromatic N) is 1. The lowest BCUT2D eigenvalue weighted by molar-refractivity contribution is 0.388. The molecule has 0 bridgehead atoms. The van der Waals surface area contributed by atoms with Crippen molar-refractivity contribution in [3.8, 4) is 0 Å². The minimum atomic E-state index is -0.326. The van der Waals surface area contributed by atoms with Crippen LogP contribution in [0.3, 0.4) is 0 Å². The Balaban J connectivity index is 2.55. The van der Waals surface area contributed by atoms with Gasteiger partial charge in [0, 0.05) is 5.37 Å². The maximum Gasteiger partial charge on any atom is 0.0394 e. The number of hydrogen-bond donors (Lipinski definition) is 0. The van der Waals surface area contributed by atoms with Crippen LogP contribution in [0.2, 0.25) is 0 Å². The topological polar surface area (TPSA) is 3.24 Å². The lowest BCUT2D eigenvalue weighted by Gasteiger charge is -2.37. The fourth-order valence-corrected chi connectivity index (χ4v) is 3.83. The Labute approximate surface area is 66.1 Å². The highest BCUT2D eigenvalue weighted by atomic mass is 32.3. The van der Waals surface area contributed by atoms with Gasteiger partial charge in [0.05, 0.1) is 0 Å².